The lowest BCUT2D eigenvalue weighted by Crippen LogP contribution is -2.05. The molecule has 0 aromatic heterocycles. The summed E-state index contributed by atoms with van der Waals surface area (Å²) in [4.78, 5) is 0. The molecule has 0 saturated heterocycles. The van der Waals surface area contributed by atoms with Gasteiger partial charge in [-0.15, -0.1) is 0 Å². The normalized spacial score (nSPS) is 10.9. The van der Waals surface area contributed by atoms with Gasteiger partial charge in [0.05, 0.1) is 5.02 Å². The molecule has 0 fully saturated rings. The van der Waals surface area contributed by atoms with Gasteiger partial charge >= 0.3 is 0 Å². The van der Waals surface area contributed by atoms with E-state index in [0.717, 1.165) is 27.6 Å². The number of rotatable bonds is 6. The third-order valence-corrected chi connectivity index (χ3v) is 4.98. The molecule has 4 aromatic rings. The van der Waals surface area contributed by atoms with Crippen molar-refractivity contribution in [1.82, 2.24) is 0 Å². The van der Waals surface area contributed by atoms with Crippen LogP contribution in [0.3, 0.4) is 0 Å². The topological polar surface area (TPSA) is 21.3 Å². The predicted molar refractivity (Wildman–Crippen MR) is 113 cm³/mol. The molecule has 146 valence electrons. The van der Waals surface area contributed by atoms with Crippen LogP contribution < -0.4 is 10.1 Å². The molecule has 29 heavy (non-hydrogen) atoms. The van der Waals surface area contributed by atoms with Gasteiger partial charge in [0, 0.05) is 17.8 Å². The SMILES string of the molecule is Fc1ccc(COc2ccc3ccccc3c2CNc2ccc(F)c(Cl)c2)cc1. The maximum absolute atomic E-state index is 13.4. The zero-order valence-electron chi connectivity index (χ0n) is 15.5. The van der Waals surface area contributed by atoms with Gasteiger partial charge in [0.2, 0.25) is 0 Å². The molecule has 0 radical (unpaired) electrons. The van der Waals surface area contributed by atoms with Gasteiger partial charge in [-0.25, -0.2) is 8.78 Å². The minimum atomic E-state index is -0.453. The quantitative estimate of drug-likeness (QED) is 0.371. The Kier molecular flexibility index (Phi) is 5.63. The molecule has 0 saturated carbocycles. The average molecular weight is 410 g/mol. The Hall–Kier alpha value is -3.11. The fourth-order valence-corrected chi connectivity index (χ4v) is 3.35. The Balaban J connectivity index is 1.61. The molecule has 0 aliphatic heterocycles. The molecular formula is C24H18ClF2NO. The monoisotopic (exact) mass is 409 g/mol. The van der Waals surface area contributed by atoms with E-state index in [1.165, 1.54) is 18.2 Å². The van der Waals surface area contributed by atoms with Crippen LogP contribution in [0, 0.1) is 11.6 Å². The van der Waals surface area contributed by atoms with Crippen LogP contribution in [0.1, 0.15) is 11.1 Å². The van der Waals surface area contributed by atoms with Crippen LogP contribution in [0.5, 0.6) is 5.75 Å². The van der Waals surface area contributed by atoms with Crippen molar-refractivity contribution < 1.29 is 13.5 Å². The number of halogens is 3. The predicted octanol–water partition coefficient (Wildman–Crippen LogP) is 6.96. The molecule has 0 atom stereocenters. The van der Waals surface area contributed by atoms with Crippen LogP contribution in [0.25, 0.3) is 10.8 Å². The Bertz CT molecular complexity index is 1150. The average Bonchev–Trinajstić information content (AvgIpc) is 2.74. The van der Waals surface area contributed by atoms with Crippen LogP contribution in [0.4, 0.5) is 14.5 Å². The molecule has 0 amide bonds. The maximum atomic E-state index is 13.4. The number of ether oxygens (including phenoxy) is 1. The molecule has 5 heteroatoms. The zero-order chi connectivity index (χ0) is 20.2. The number of anilines is 1. The number of benzene rings is 4. The fourth-order valence-electron chi connectivity index (χ4n) is 3.17. The summed E-state index contributed by atoms with van der Waals surface area (Å²) in [6.07, 6.45) is 0. The third kappa shape index (κ3) is 4.49. The molecular weight excluding hydrogens is 392 g/mol. The summed E-state index contributed by atoms with van der Waals surface area (Å²) in [5, 5.41) is 5.51. The molecule has 0 bridgehead atoms. The second kappa shape index (κ2) is 8.50. The van der Waals surface area contributed by atoms with E-state index in [1.54, 1.807) is 24.3 Å². The summed E-state index contributed by atoms with van der Waals surface area (Å²) in [6.45, 7) is 0.802. The minimum absolute atomic E-state index is 0.0701. The molecule has 4 rings (SSSR count). The van der Waals surface area contributed by atoms with Crippen molar-refractivity contribution in [3.8, 4) is 5.75 Å². The minimum Gasteiger partial charge on any atom is -0.489 e. The van der Waals surface area contributed by atoms with Gasteiger partial charge in [0.25, 0.3) is 0 Å². The van der Waals surface area contributed by atoms with Gasteiger partial charge in [-0.05, 0) is 52.7 Å². The van der Waals surface area contributed by atoms with E-state index in [9.17, 15) is 8.78 Å². The van der Waals surface area contributed by atoms with Crippen LogP contribution in [-0.4, -0.2) is 0 Å². The van der Waals surface area contributed by atoms with E-state index in [1.807, 2.05) is 36.4 Å². The molecule has 0 aliphatic carbocycles. The van der Waals surface area contributed by atoms with Gasteiger partial charge in [0.1, 0.15) is 24.0 Å². The van der Waals surface area contributed by atoms with Gasteiger partial charge in [-0.1, -0.05) is 54.1 Å². The van der Waals surface area contributed by atoms with Crippen LogP contribution in [0.2, 0.25) is 5.02 Å². The molecule has 4 aromatic carbocycles. The summed E-state index contributed by atoms with van der Waals surface area (Å²) in [5.41, 5.74) is 2.57. The second-order valence-corrected chi connectivity index (χ2v) is 7.07. The summed E-state index contributed by atoms with van der Waals surface area (Å²) in [5.74, 6) is 0.00161. The van der Waals surface area contributed by atoms with Gasteiger partial charge < -0.3 is 10.1 Å². The Morgan fingerprint density at radius 2 is 1.66 bits per heavy atom. The smallest absolute Gasteiger partial charge is 0.141 e. The standard InChI is InChI=1S/C24H18ClF2NO/c25-22-13-19(10-11-23(22)27)28-14-21-20-4-2-1-3-17(20)7-12-24(21)29-15-16-5-8-18(26)9-6-16/h1-13,28H,14-15H2. The van der Waals surface area contributed by atoms with E-state index < -0.39 is 5.82 Å². The number of nitrogens with one attached hydrogen (secondary N) is 1. The van der Waals surface area contributed by atoms with Crippen molar-refractivity contribution in [2.24, 2.45) is 0 Å². The van der Waals surface area contributed by atoms with E-state index >= 15 is 0 Å². The second-order valence-electron chi connectivity index (χ2n) is 6.66. The first kappa shape index (κ1) is 19.2. The van der Waals surface area contributed by atoms with E-state index in [0.29, 0.717) is 18.8 Å². The summed E-state index contributed by atoms with van der Waals surface area (Å²) < 4.78 is 32.6. The highest BCUT2D eigenvalue weighted by molar-refractivity contribution is 6.31. The first-order chi connectivity index (χ1) is 14.1. The molecule has 0 aliphatic rings. The molecule has 0 unspecified atom stereocenters. The number of hydrogen-bond acceptors (Lipinski definition) is 2. The lowest BCUT2D eigenvalue weighted by molar-refractivity contribution is 0.303. The molecule has 0 heterocycles. The van der Waals surface area contributed by atoms with Crippen molar-refractivity contribution in [3.63, 3.8) is 0 Å². The highest BCUT2D eigenvalue weighted by atomic mass is 35.5. The molecule has 1 N–H and O–H groups in total. The number of hydrogen-bond donors (Lipinski definition) is 1. The molecule has 0 spiro atoms. The Morgan fingerprint density at radius 3 is 2.45 bits per heavy atom. The first-order valence-corrected chi connectivity index (χ1v) is 9.55. The van der Waals surface area contributed by atoms with Crippen molar-refractivity contribution in [2.45, 2.75) is 13.2 Å². The lowest BCUT2D eigenvalue weighted by atomic mass is 10.0. The summed E-state index contributed by atoms with van der Waals surface area (Å²) >= 11 is 5.88. The summed E-state index contributed by atoms with van der Waals surface area (Å²) in [6, 6.07) is 22.7. The highest BCUT2D eigenvalue weighted by Crippen LogP contribution is 2.30. The lowest BCUT2D eigenvalue weighted by Gasteiger charge is -2.16. The van der Waals surface area contributed by atoms with Crippen molar-refractivity contribution in [1.29, 1.82) is 0 Å². The van der Waals surface area contributed by atoms with Gasteiger partial charge in [0.15, 0.2) is 0 Å². The Morgan fingerprint density at radius 1 is 0.862 bits per heavy atom. The maximum Gasteiger partial charge on any atom is 0.141 e. The Labute approximate surface area is 172 Å². The van der Waals surface area contributed by atoms with Crippen molar-refractivity contribution >= 4 is 28.1 Å². The van der Waals surface area contributed by atoms with Gasteiger partial charge in [-0.2, -0.15) is 0 Å². The van der Waals surface area contributed by atoms with Crippen molar-refractivity contribution in [3.05, 3.63) is 107 Å². The largest absolute Gasteiger partial charge is 0.489 e. The van der Waals surface area contributed by atoms with Crippen molar-refractivity contribution in [2.75, 3.05) is 5.32 Å². The van der Waals surface area contributed by atoms with Crippen LogP contribution in [0.15, 0.2) is 78.9 Å². The van der Waals surface area contributed by atoms with E-state index in [4.69, 9.17) is 16.3 Å². The summed E-state index contributed by atoms with van der Waals surface area (Å²) in [7, 11) is 0. The third-order valence-electron chi connectivity index (χ3n) is 4.69. The van der Waals surface area contributed by atoms with E-state index in [2.05, 4.69) is 5.32 Å². The molecule has 2 nitrogen and oxygen atoms in total. The fraction of sp³-hybridized carbons (Fsp3) is 0.0833. The first-order valence-electron chi connectivity index (χ1n) is 9.17. The van der Waals surface area contributed by atoms with Crippen LogP contribution in [-0.2, 0) is 13.2 Å². The highest BCUT2D eigenvalue weighted by Gasteiger charge is 2.10. The van der Waals surface area contributed by atoms with E-state index in [-0.39, 0.29) is 10.8 Å². The zero-order valence-corrected chi connectivity index (χ0v) is 16.2. The van der Waals surface area contributed by atoms with Gasteiger partial charge in [-0.3, -0.25) is 0 Å². The number of fused-ring (bicyclic) bond motifs is 1. The van der Waals surface area contributed by atoms with Crippen LogP contribution >= 0.6 is 11.6 Å².